The van der Waals surface area contributed by atoms with Crippen molar-refractivity contribution in [2.75, 3.05) is 26.2 Å². The molecule has 6 heteroatoms. The fourth-order valence-electron chi connectivity index (χ4n) is 3.46. The van der Waals surface area contributed by atoms with Crippen molar-refractivity contribution in [1.82, 2.24) is 19.6 Å². The van der Waals surface area contributed by atoms with E-state index in [2.05, 4.69) is 10.00 Å². The van der Waals surface area contributed by atoms with Crippen LogP contribution >= 0.6 is 0 Å². The third-order valence-electron chi connectivity index (χ3n) is 4.74. The Morgan fingerprint density at radius 3 is 2.70 bits per heavy atom. The minimum Gasteiger partial charge on any atom is -0.343 e. The highest BCUT2D eigenvalue weighted by Crippen LogP contribution is 2.17. The molecule has 0 atom stereocenters. The molecule has 2 aliphatic heterocycles. The summed E-state index contributed by atoms with van der Waals surface area (Å²) in [6.45, 7) is 8.48. The van der Waals surface area contributed by atoms with Gasteiger partial charge < -0.3 is 4.90 Å². The van der Waals surface area contributed by atoms with Gasteiger partial charge in [0.15, 0.2) is 0 Å². The van der Waals surface area contributed by atoms with Crippen molar-refractivity contribution < 1.29 is 4.79 Å². The van der Waals surface area contributed by atoms with Gasteiger partial charge in [0.05, 0.1) is 11.7 Å². The van der Waals surface area contributed by atoms with E-state index in [0.29, 0.717) is 12.3 Å². The van der Waals surface area contributed by atoms with Gasteiger partial charge in [-0.05, 0) is 32.3 Å². The first-order valence-electron chi connectivity index (χ1n) is 8.66. The van der Waals surface area contributed by atoms with Gasteiger partial charge in [-0.1, -0.05) is 0 Å². The molecule has 6 nitrogen and oxygen atoms in total. The Kier molecular flexibility index (Phi) is 4.80. The summed E-state index contributed by atoms with van der Waals surface area (Å²) in [6, 6.07) is 1.85. The third-order valence-corrected chi connectivity index (χ3v) is 4.74. The molecule has 0 aromatic carbocycles. The van der Waals surface area contributed by atoms with Crippen molar-refractivity contribution >= 4 is 5.91 Å². The summed E-state index contributed by atoms with van der Waals surface area (Å²) in [5, 5.41) is 4.52. The lowest BCUT2D eigenvalue weighted by Gasteiger charge is -2.29. The third kappa shape index (κ3) is 3.63. The van der Waals surface area contributed by atoms with Gasteiger partial charge >= 0.3 is 0 Å². The zero-order valence-electron chi connectivity index (χ0n) is 14.1. The van der Waals surface area contributed by atoms with Crippen molar-refractivity contribution in [3.8, 4) is 0 Å². The number of rotatable bonds is 5. The van der Waals surface area contributed by atoms with Crippen LogP contribution in [0.1, 0.15) is 50.4 Å². The maximum Gasteiger partial charge on any atom is 0.267 e. The zero-order chi connectivity index (χ0) is 16.4. The first kappa shape index (κ1) is 16.2. The fraction of sp³-hybridized carbons (Fsp3) is 0.706. The van der Waals surface area contributed by atoms with Crippen molar-refractivity contribution in [2.45, 2.75) is 52.1 Å². The van der Waals surface area contributed by atoms with Crippen LogP contribution in [0.5, 0.6) is 0 Å². The van der Waals surface area contributed by atoms with Gasteiger partial charge in [-0.25, -0.2) is 4.68 Å². The molecular formula is C17H26N4O2. The quantitative estimate of drug-likeness (QED) is 0.818. The first-order chi connectivity index (χ1) is 11.0. The van der Waals surface area contributed by atoms with E-state index in [0.717, 1.165) is 63.2 Å². The van der Waals surface area contributed by atoms with Crippen LogP contribution in [0, 0.1) is 0 Å². The standard InChI is InChI=1S/C17H26N4O2/c1-13(2)21-17(23)11-14-12-19(10-6-15(14)18-21)7-4-9-20-8-3-5-16(20)22/h11,13H,3-10,12H2,1-2H3. The number of carbonyl (C=O) groups is 1. The summed E-state index contributed by atoms with van der Waals surface area (Å²) in [5.74, 6) is 0.299. The van der Waals surface area contributed by atoms with Crippen LogP contribution in [0.3, 0.4) is 0 Å². The number of carbonyl (C=O) groups excluding carboxylic acids is 1. The molecule has 126 valence electrons. The summed E-state index contributed by atoms with van der Waals surface area (Å²) >= 11 is 0. The number of likely N-dealkylation sites (tertiary alicyclic amines) is 1. The van der Waals surface area contributed by atoms with Crippen molar-refractivity contribution in [3.63, 3.8) is 0 Å². The minimum atomic E-state index is -0.0109. The Morgan fingerprint density at radius 2 is 2.00 bits per heavy atom. The lowest BCUT2D eigenvalue weighted by Crippen LogP contribution is -2.37. The van der Waals surface area contributed by atoms with Crippen molar-refractivity contribution in [1.29, 1.82) is 0 Å². The zero-order valence-corrected chi connectivity index (χ0v) is 14.1. The van der Waals surface area contributed by atoms with Crippen molar-refractivity contribution in [3.05, 3.63) is 27.7 Å². The fourth-order valence-corrected chi connectivity index (χ4v) is 3.46. The molecule has 1 aromatic rings. The van der Waals surface area contributed by atoms with Crippen LogP contribution in [-0.4, -0.2) is 51.7 Å². The van der Waals surface area contributed by atoms with E-state index in [1.165, 1.54) is 0 Å². The molecule has 0 N–H and O–H groups in total. The molecule has 0 bridgehead atoms. The van der Waals surface area contributed by atoms with Gasteiger partial charge in [0.1, 0.15) is 0 Å². The summed E-state index contributed by atoms with van der Waals surface area (Å²) in [5.41, 5.74) is 2.11. The number of hydrogen-bond acceptors (Lipinski definition) is 4. The summed E-state index contributed by atoms with van der Waals surface area (Å²) in [7, 11) is 0. The Labute approximate surface area is 137 Å². The van der Waals surface area contributed by atoms with E-state index in [9.17, 15) is 9.59 Å². The molecule has 0 radical (unpaired) electrons. The van der Waals surface area contributed by atoms with Gasteiger partial charge in [0.25, 0.3) is 5.56 Å². The predicted molar refractivity (Wildman–Crippen MR) is 88.3 cm³/mol. The van der Waals surface area contributed by atoms with Crippen LogP contribution < -0.4 is 5.56 Å². The van der Waals surface area contributed by atoms with Gasteiger partial charge in [-0.2, -0.15) is 5.10 Å². The maximum absolute atomic E-state index is 12.1. The number of amides is 1. The second-order valence-corrected chi connectivity index (χ2v) is 6.86. The van der Waals surface area contributed by atoms with E-state index in [1.54, 1.807) is 10.7 Å². The van der Waals surface area contributed by atoms with Crippen LogP contribution in [-0.2, 0) is 17.8 Å². The smallest absolute Gasteiger partial charge is 0.267 e. The second-order valence-electron chi connectivity index (χ2n) is 6.86. The lowest BCUT2D eigenvalue weighted by molar-refractivity contribution is -0.127. The largest absolute Gasteiger partial charge is 0.343 e. The number of nitrogens with zero attached hydrogens (tertiary/aromatic N) is 4. The normalized spacial score (nSPS) is 18.7. The van der Waals surface area contributed by atoms with E-state index in [1.807, 2.05) is 18.7 Å². The van der Waals surface area contributed by atoms with E-state index >= 15 is 0 Å². The predicted octanol–water partition coefficient (Wildman–Crippen LogP) is 1.19. The molecule has 1 fully saturated rings. The molecule has 0 saturated carbocycles. The lowest BCUT2D eigenvalue weighted by atomic mass is 10.1. The molecule has 23 heavy (non-hydrogen) atoms. The number of hydrogen-bond donors (Lipinski definition) is 0. The van der Waals surface area contributed by atoms with Crippen LogP contribution in [0.15, 0.2) is 10.9 Å². The molecule has 2 aliphatic rings. The SMILES string of the molecule is CC(C)n1nc2c(cc1=O)CN(CCCN1CCCC1=O)CC2. The minimum absolute atomic E-state index is 0.0109. The number of fused-ring (bicyclic) bond motifs is 1. The average molecular weight is 318 g/mol. The van der Waals surface area contributed by atoms with E-state index < -0.39 is 0 Å². The topological polar surface area (TPSA) is 58.4 Å². The highest BCUT2D eigenvalue weighted by atomic mass is 16.2. The van der Waals surface area contributed by atoms with Crippen LogP contribution in [0.4, 0.5) is 0 Å². The Bertz CT molecular complexity index is 638. The Hall–Kier alpha value is -1.69. The average Bonchev–Trinajstić information content (AvgIpc) is 2.91. The monoisotopic (exact) mass is 318 g/mol. The Morgan fingerprint density at radius 1 is 1.17 bits per heavy atom. The molecule has 0 aliphatic carbocycles. The van der Waals surface area contributed by atoms with E-state index in [4.69, 9.17) is 0 Å². The maximum atomic E-state index is 12.1. The van der Waals surface area contributed by atoms with Gasteiger partial charge in [-0.3, -0.25) is 14.5 Å². The highest BCUT2D eigenvalue weighted by Gasteiger charge is 2.22. The molecule has 3 heterocycles. The molecule has 3 rings (SSSR count). The Balaban J connectivity index is 1.56. The second kappa shape index (κ2) is 6.83. The van der Waals surface area contributed by atoms with Gasteiger partial charge in [-0.15, -0.1) is 0 Å². The van der Waals surface area contributed by atoms with Gasteiger partial charge in [0.2, 0.25) is 5.91 Å². The number of aromatic nitrogens is 2. The van der Waals surface area contributed by atoms with E-state index in [-0.39, 0.29) is 11.6 Å². The molecule has 1 amide bonds. The molecule has 1 aromatic heterocycles. The molecule has 0 unspecified atom stereocenters. The molecule has 0 spiro atoms. The first-order valence-corrected chi connectivity index (χ1v) is 8.66. The summed E-state index contributed by atoms with van der Waals surface area (Å²) < 4.78 is 1.58. The van der Waals surface area contributed by atoms with Crippen molar-refractivity contribution in [2.24, 2.45) is 0 Å². The van der Waals surface area contributed by atoms with Crippen LogP contribution in [0.2, 0.25) is 0 Å². The summed E-state index contributed by atoms with van der Waals surface area (Å²) in [6.07, 6.45) is 3.61. The van der Waals surface area contributed by atoms with Gasteiger partial charge in [0, 0.05) is 51.6 Å². The highest BCUT2D eigenvalue weighted by molar-refractivity contribution is 5.77. The van der Waals surface area contributed by atoms with Crippen LogP contribution in [0.25, 0.3) is 0 Å². The molecular weight excluding hydrogens is 292 g/mol. The summed E-state index contributed by atoms with van der Waals surface area (Å²) in [4.78, 5) is 28.1. The molecule has 1 saturated heterocycles.